The van der Waals surface area contributed by atoms with E-state index in [0.29, 0.717) is 35.5 Å². The zero-order chi connectivity index (χ0) is 17.0. The number of rotatable bonds is 5. The van der Waals surface area contributed by atoms with Crippen LogP contribution in [-0.4, -0.2) is 35.4 Å². The number of carbonyl (C=O) groups is 2. The summed E-state index contributed by atoms with van der Waals surface area (Å²) in [5, 5.41) is 4.48. The molecule has 0 saturated heterocycles. The van der Waals surface area contributed by atoms with Crippen molar-refractivity contribution >= 4 is 11.9 Å². The van der Waals surface area contributed by atoms with Gasteiger partial charge in [-0.3, -0.25) is 0 Å². The molecule has 1 heterocycles. The molecule has 2 aromatic rings. The van der Waals surface area contributed by atoms with E-state index in [1.807, 2.05) is 13.8 Å². The molecule has 1 aromatic heterocycles. The fraction of sp³-hybridized carbons (Fsp3) is 0.353. The molecular formula is C17H20N2O4. The van der Waals surface area contributed by atoms with Crippen LogP contribution in [0.5, 0.6) is 0 Å². The zero-order valence-corrected chi connectivity index (χ0v) is 13.8. The summed E-state index contributed by atoms with van der Waals surface area (Å²) in [6, 6.07) is 6.90. The lowest BCUT2D eigenvalue weighted by atomic mass is 10.1. The van der Waals surface area contributed by atoms with E-state index in [1.54, 1.807) is 35.9 Å². The third kappa shape index (κ3) is 3.26. The quantitative estimate of drug-likeness (QED) is 0.793. The number of carbonyl (C=O) groups excluding carboxylic acids is 2. The average molecular weight is 316 g/mol. The summed E-state index contributed by atoms with van der Waals surface area (Å²) in [6.07, 6.45) is 0.624. The van der Waals surface area contributed by atoms with E-state index < -0.39 is 5.97 Å². The van der Waals surface area contributed by atoms with E-state index >= 15 is 0 Å². The second-order valence-electron chi connectivity index (χ2n) is 4.93. The Hall–Kier alpha value is -2.63. The minimum atomic E-state index is -0.395. The predicted molar refractivity (Wildman–Crippen MR) is 85.0 cm³/mol. The Kier molecular flexibility index (Phi) is 5.16. The molecule has 0 spiro atoms. The van der Waals surface area contributed by atoms with Gasteiger partial charge >= 0.3 is 11.9 Å². The fourth-order valence-electron chi connectivity index (χ4n) is 2.38. The summed E-state index contributed by atoms with van der Waals surface area (Å²) in [5.41, 5.74) is 3.12. The molecule has 2 rings (SSSR count). The SMILES string of the molecule is CCOC(=O)c1ccc(-n2nc(CC)c(C(=O)OC)c2C)cc1. The lowest BCUT2D eigenvalue weighted by Gasteiger charge is -2.06. The van der Waals surface area contributed by atoms with E-state index in [-0.39, 0.29) is 5.97 Å². The van der Waals surface area contributed by atoms with E-state index in [2.05, 4.69) is 5.10 Å². The topological polar surface area (TPSA) is 70.4 Å². The number of aryl methyl sites for hydroxylation is 1. The van der Waals surface area contributed by atoms with Gasteiger partial charge in [0.05, 0.1) is 36.4 Å². The third-order valence-electron chi connectivity index (χ3n) is 3.54. The van der Waals surface area contributed by atoms with Crippen LogP contribution < -0.4 is 0 Å². The van der Waals surface area contributed by atoms with Gasteiger partial charge in [-0.1, -0.05) is 6.92 Å². The molecule has 0 bridgehead atoms. The lowest BCUT2D eigenvalue weighted by Crippen LogP contribution is -2.07. The van der Waals surface area contributed by atoms with E-state index in [9.17, 15) is 9.59 Å². The van der Waals surface area contributed by atoms with Gasteiger partial charge in [0, 0.05) is 0 Å². The minimum absolute atomic E-state index is 0.335. The molecule has 6 nitrogen and oxygen atoms in total. The predicted octanol–water partition coefficient (Wildman–Crippen LogP) is 2.71. The summed E-state index contributed by atoms with van der Waals surface area (Å²) in [5.74, 6) is -0.755. The van der Waals surface area contributed by atoms with Gasteiger partial charge in [-0.05, 0) is 44.5 Å². The van der Waals surface area contributed by atoms with Crippen LogP contribution in [0.2, 0.25) is 0 Å². The second-order valence-corrected chi connectivity index (χ2v) is 4.93. The highest BCUT2D eigenvalue weighted by Crippen LogP contribution is 2.20. The largest absolute Gasteiger partial charge is 0.465 e. The van der Waals surface area contributed by atoms with Crippen molar-refractivity contribution in [1.82, 2.24) is 9.78 Å². The Labute approximate surface area is 135 Å². The molecule has 122 valence electrons. The average Bonchev–Trinajstić information content (AvgIpc) is 2.91. The van der Waals surface area contributed by atoms with Crippen LogP contribution in [0.3, 0.4) is 0 Å². The molecule has 0 aliphatic heterocycles. The van der Waals surface area contributed by atoms with Gasteiger partial charge in [0.2, 0.25) is 0 Å². The lowest BCUT2D eigenvalue weighted by molar-refractivity contribution is 0.0525. The van der Waals surface area contributed by atoms with Gasteiger partial charge in [-0.15, -0.1) is 0 Å². The Morgan fingerprint density at radius 1 is 1.13 bits per heavy atom. The van der Waals surface area contributed by atoms with Gasteiger partial charge in [0.25, 0.3) is 0 Å². The summed E-state index contributed by atoms with van der Waals surface area (Å²) in [7, 11) is 1.35. The number of methoxy groups -OCH3 is 1. The van der Waals surface area contributed by atoms with Gasteiger partial charge in [-0.2, -0.15) is 5.10 Å². The van der Waals surface area contributed by atoms with Crippen LogP contribution >= 0.6 is 0 Å². The van der Waals surface area contributed by atoms with E-state index in [0.717, 1.165) is 5.69 Å². The summed E-state index contributed by atoms with van der Waals surface area (Å²) in [6.45, 7) is 5.85. The van der Waals surface area contributed by atoms with Crippen molar-refractivity contribution in [1.29, 1.82) is 0 Å². The summed E-state index contributed by atoms with van der Waals surface area (Å²) in [4.78, 5) is 23.6. The first-order valence-corrected chi connectivity index (χ1v) is 7.47. The molecule has 1 aromatic carbocycles. The fourth-order valence-corrected chi connectivity index (χ4v) is 2.38. The molecular weight excluding hydrogens is 296 g/mol. The highest BCUT2D eigenvalue weighted by Gasteiger charge is 2.21. The van der Waals surface area contributed by atoms with Gasteiger partial charge in [0.1, 0.15) is 5.56 Å². The van der Waals surface area contributed by atoms with Crippen LogP contribution in [0.4, 0.5) is 0 Å². The van der Waals surface area contributed by atoms with Crippen LogP contribution in [-0.2, 0) is 15.9 Å². The zero-order valence-electron chi connectivity index (χ0n) is 13.8. The van der Waals surface area contributed by atoms with Crippen molar-refractivity contribution in [2.24, 2.45) is 0 Å². The number of hydrogen-bond donors (Lipinski definition) is 0. The van der Waals surface area contributed by atoms with Crippen molar-refractivity contribution in [3.8, 4) is 5.69 Å². The number of hydrogen-bond acceptors (Lipinski definition) is 5. The normalized spacial score (nSPS) is 10.4. The van der Waals surface area contributed by atoms with Crippen molar-refractivity contribution < 1.29 is 19.1 Å². The molecule has 0 amide bonds. The van der Waals surface area contributed by atoms with Crippen LogP contribution in [0.15, 0.2) is 24.3 Å². The Morgan fingerprint density at radius 3 is 2.30 bits per heavy atom. The highest BCUT2D eigenvalue weighted by molar-refractivity contribution is 5.92. The molecule has 0 N–H and O–H groups in total. The van der Waals surface area contributed by atoms with Gasteiger partial charge in [0.15, 0.2) is 0 Å². The van der Waals surface area contributed by atoms with Gasteiger partial charge in [-0.25, -0.2) is 14.3 Å². The Bertz CT molecular complexity index is 717. The molecule has 6 heteroatoms. The minimum Gasteiger partial charge on any atom is -0.465 e. The first kappa shape index (κ1) is 16.7. The van der Waals surface area contributed by atoms with Gasteiger partial charge < -0.3 is 9.47 Å². The summed E-state index contributed by atoms with van der Waals surface area (Å²) >= 11 is 0. The summed E-state index contributed by atoms with van der Waals surface area (Å²) < 4.78 is 11.5. The number of aromatic nitrogens is 2. The Balaban J connectivity index is 2.41. The second kappa shape index (κ2) is 7.09. The van der Waals surface area contributed by atoms with E-state index in [1.165, 1.54) is 7.11 Å². The highest BCUT2D eigenvalue weighted by atomic mass is 16.5. The van der Waals surface area contributed by atoms with Crippen molar-refractivity contribution in [3.63, 3.8) is 0 Å². The Morgan fingerprint density at radius 2 is 1.78 bits per heavy atom. The standard InChI is InChI=1S/C17H20N2O4/c1-5-14-15(17(21)22-4)11(3)19(18-14)13-9-7-12(8-10-13)16(20)23-6-2/h7-10H,5-6H2,1-4H3. The molecule has 0 fully saturated rings. The number of ether oxygens (including phenoxy) is 2. The van der Waals surface area contributed by atoms with Crippen molar-refractivity contribution in [2.45, 2.75) is 27.2 Å². The van der Waals surface area contributed by atoms with Crippen molar-refractivity contribution in [2.75, 3.05) is 13.7 Å². The molecule has 0 aliphatic rings. The maximum atomic E-state index is 11.9. The smallest absolute Gasteiger partial charge is 0.341 e. The third-order valence-corrected chi connectivity index (χ3v) is 3.54. The molecule has 0 aliphatic carbocycles. The molecule has 23 heavy (non-hydrogen) atoms. The monoisotopic (exact) mass is 316 g/mol. The van der Waals surface area contributed by atoms with Crippen LogP contribution in [0.1, 0.15) is 46.0 Å². The first-order chi connectivity index (χ1) is 11.0. The van der Waals surface area contributed by atoms with Crippen LogP contribution in [0, 0.1) is 6.92 Å². The number of esters is 2. The maximum absolute atomic E-state index is 11.9. The molecule has 0 unspecified atom stereocenters. The van der Waals surface area contributed by atoms with E-state index in [4.69, 9.17) is 9.47 Å². The number of nitrogens with zero attached hydrogens (tertiary/aromatic N) is 2. The first-order valence-electron chi connectivity index (χ1n) is 7.47. The molecule has 0 atom stereocenters. The number of benzene rings is 1. The molecule has 0 radical (unpaired) electrons. The maximum Gasteiger partial charge on any atom is 0.341 e. The van der Waals surface area contributed by atoms with Crippen molar-refractivity contribution in [3.05, 3.63) is 46.8 Å². The van der Waals surface area contributed by atoms with Crippen LogP contribution in [0.25, 0.3) is 5.69 Å². The molecule has 0 saturated carbocycles.